The van der Waals surface area contributed by atoms with Crippen LogP contribution in [0.15, 0.2) is 0 Å². The molecule has 0 radical (unpaired) electrons. The molecule has 3 nitrogen and oxygen atoms in total. The van der Waals surface area contributed by atoms with Crippen molar-refractivity contribution in [2.75, 3.05) is 0 Å². The molecule has 1 rings (SSSR count). The van der Waals surface area contributed by atoms with Crippen LogP contribution in [-0.2, 0) is 13.3 Å². The Labute approximate surface area is 114 Å². The average Bonchev–Trinajstić information content (AvgIpc) is 2.65. The van der Waals surface area contributed by atoms with E-state index < -0.39 is 8.80 Å². The van der Waals surface area contributed by atoms with E-state index in [9.17, 15) is 0 Å². The summed E-state index contributed by atoms with van der Waals surface area (Å²) in [7, 11) is -2.55. The van der Waals surface area contributed by atoms with Crippen molar-refractivity contribution in [2.45, 2.75) is 91.1 Å². The third-order valence-corrected chi connectivity index (χ3v) is 7.03. The highest BCUT2D eigenvalue weighted by molar-refractivity contribution is 6.62. The first-order valence-electron chi connectivity index (χ1n) is 7.39. The summed E-state index contributed by atoms with van der Waals surface area (Å²) >= 11 is 0. The Balaban J connectivity index is 2.90. The third-order valence-electron chi connectivity index (χ3n) is 3.06. The fourth-order valence-electron chi connectivity index (χ4n) is 2.64. The highest BCUT2D eigenvalue weighted by atomic mass is 28.4. The zero-order chi connectivity index (χ0) is 13.8. The lowest BCUT2D eigenvalue weighted by Gasteiger charge is -2.38. The molecule has 108 valence electrons. The van der Waals surface area contributed by atoms with E-state index in [1.165, 1.54) is 25.7 Å². The molecule has 0 aromatic rings. The van der Waals surface area contributed by atoms with Gasteiger partial charge in [-0.3, -0.25) is 0 Å². The predicted molar refractivity (Wildman–Crippen MR) is 76.6 cm³/mol. The summed E-state index contributed by atoms with van der Waals surface area (Å²) in [5.74, 6) is 0. The summed E-state index contributed by atoms with van der Waals surface area (Å²) < 4.78 is 18.7. The summed E-state index contributed by atoms with van der Waals surface area (Å²) in [6, 6.07) is 0. The monoisotopic (exact) mass is 274 g/mol. The van der Waals surface area contributed by atoms with Crippen molar-refractivity contribution in [3.8, 4) is 0 Å². The van der Waals surface area contributed by atoms with Crippen LogP contribution in [-0.4, -0.2) is 27.1 Å². The Morgan fingerprint density at radius 3 is 1.33 bits per heavy atom. The average molecular weight is 274 g/mol. The standard InChI is InChI=1S/C14H30O3Si/c1-11(2)15-18(16-12(3)4,17-13(5)6)14-9-7-8-10-14/h11-14H,7-10H2,1-6H3. The molecule has 0 bridgehead atoms. The van der Waals surface area contributed by atoms with Gasteiger partial charge in [0.1, 0.15) is 0 Å². The van der Waals surface area contributed by atoms with E-state index in [-0.39, 0.29) is 18.3 Å². The molecule has 0 atom stereocenters. The van der Waals surface area contributed by atoms with Crippen molar-refractivity contribution < 1.29 is 13.3 Å². The molecule has 1 fully saturated rings. The molecule has 0 heterocycles. The van der Waals surface area contributed by atoms with Crippen LogP contribution in [0.4, 0.5) is 0 Å². The SMILES string of the molecule is CC(C)O[Si](OC(C)C)(OC(C)C)C1CCCC1. The molecule has 0 aliphatic heterocycles. The van der Waals surface area contributed by atoms with Crippen LogP contribution < -0.4 is 0 Å². The first-order valence-corrected chi connectivity index (χ1v) is 9.19. The summed E-state index contributed by atoms with van der Waals surface area (Å²) in [6.07, 6.45) is 5.43. The van der Waals surface area contributed by atoms with Crippen LogP contribution in [0.25, 0.3) is 0 Å². The van der Waals surface area contributed by atoms with Crippen molar-refractivity contribution in [1.29, 1.82) is 0 Å². The predicted octanol–water partition coefficient (Wildman–Crippen LogP) is 4.14. The molecule has 1 saturated carbocycles. The minimum Gasteiger partial charge on any atom is -0.371 e. The lowest BCUT2D eigenvalue weighted by Crippen LogP contribution is -2.53. The normalized spacial score (nSPS) is 18.5. The maximum Gasteiger partial charge on any atom is 0.504 e. The summed E-state index contributed by atoms with van der Waals surface area (Å²) in [4.78, 5) is 0. The van der Waals surface area contributed by atoms with Gasteiger partial charge < -0.3 is 13.3 Å². The van der Waals surface area contributed by atoms with Crippen LogP contribution in [0.5, 0.6) is 0 Å². The summed E-state index contributed by atoms with van der Waals surface area (Å²) in [5.41, 5.74) is 0.490. The molecule has 0 amide bonds. The van der Waals surface area contributed by atoms with E-state index >= 15 is 0 Å². The van der Waals surface area contributed by atoms with Crippen molar-refractivity contribution in [3.63, 3.8) is 0 Å². The first-order chi connectivity index (χ1) is 8.35. The Kier molecular flexibility index (Phi) is 6.31. The Morgan fingerprint density at radius 1 is 0.722 bits per heavy atom. The van der Waals surface area contributed by atoms with Crippen molar-refractivity contribution in [2.24, 2.45) is 0 Å². The molecule has 0 N–H and O–H groups in total. The van der Waals surface area contributed by atoms with Crippen LogP contribution in [0, 0.1) is 0 Å². The Bertz CT molecular complexity index is 209. The molecule has 0 aromatic carbocycles. The molecular formula is C14H30O3Si. The van der Waals surface area contributed by atoms with Crippen LogP contribution in [0.3, 0.4) is 0 Å². The van der Waals surface area contributed by atoms with Gasteiger partial charge in [0.15, 0.2) is 0 Å². The van der Waals surface area contributed by atoms with Crippen molar-refractivity contribution >= 4 is 8.80 Å². The lowest BCUT2D eigenvalue weighted by atomic mass is 10.4. The fraction of sp³-hybridized carbons (Fsp3) is 1.00. The van der Waals surface area contributed by atoms with Gasteiger partial charge in [-0.25, -0.2) is 0 Å². The minimum absolute atomic E-state index is 0.162. The number of rotatable bonds is 7. The van der Waals surface area contributed by atoms with E-state index in [1.54, 1.807) is 0 Å². The van der Waals surface area contributed by atoms with E-state index in [0.29, 0.717) is 5.54 Å². The van der Waals surface area contributed by atoms with Gasteiger partial charge in [-0.2, -0.15) is 0 Å². The zero-order valence-electron chi connectivity index (χ0n) is 12.9. The van der Waals surface area contributed by atoms with Gasteiger partial charge in [-0.1, -0.05) is 12.8 Å². The third kappa shape index (κ3) is 4.65. The number of hydrogen-bond acceptors (Lipinski definition) is 3. The highest BCUT2D eigenvalue weighted by Crippen LogP contribution is 2.42. The van der Waals surface area contributed by atoms with Gasteiger partial charge in [0, 0.05) is 23.9 Å². The maximum atomic E-state index is 6.24. The molecule has 1 aliphatic carbocycles. The molecule has 4 heteroatoms. The summed E-state index contributed by atoms with van der Waals surface area (Å²) in [6.45, 7) is 12.4. The van der Waals surface area contributed by atoms with Gasteiger partial charge >= 0.3 is 8.80 Å². The molecule has 0 saturated heterocycles. The van der Waals surface area contributed by atoms with Gasteiger partial charge in [0.25, 0.3) is 0 Å². The van der Waals surface area contributed by atoms with Crippen LogP contribution in [0.2, 0.25) is 5.54 Å². The quantitative estimate of drug-likeness (QED) is 0.653. The smallest absolute Gasteiger partial charge is 0.371 e. The van der Waals surface area contributed by atoms with E-state index in [2.05, 4.69) is 41.5 Å². The number of hydrogen-bond donors (Lipinski definition) is 0. The van der Waals surface area contributed by atoms with Gasteiger partial charge in [0.05, 0.1) is 0 Å². The van der Waals surface area contributed by atoms with E-state index in [4.69, 9.17) is 13.3 Å². The van der Waals surface area contributed by atoms with Gasteiger partial charge in [-0.05, 0) is 54.4 Å². The van der Waals surface area contributed by atoms with E-state index in [1.807, 2.05) is 0 Å². The molecule has 0 unspecified atom stereocenters. The molecule has 0 spiro atoms. The van der Waals surface area contributed by atoms with E-state index in [0.717, 1.165) is 0 Å². The van der Waals surface area contributed by atoms with Gasteiger partial charge in [-0.15, -0.1) is 0 Å². The van der Waals surface area contributed by atoms with Gasteiger partial charge in [0.2, 0.25) is 0 Å². The van der Waals surface area contributed by atoms with Crippen LogP contribution >= 0.6 is 0 Å². The zero-order valence-corrected chi connectivity index (χ0v) is 13.9. The fourth-order valence-corrected chi connectivity index (χ4v) is 6.47. The van der Waals surface area contributed by atoms with Crippen molar-refractivity contribution in [1.82, 2.24) is 0 Å². The highest BCUT2D eigenvalue weighted by Gasteiger charge is 2.52. The molecular weight excluding hydrogens is 244 g/mol. The van der Waals surface area contributed by atoms with Crippen molar-refractivity contribution in [3.05, 3.63) is 0 Å². The second-order valence-corrected chi connectivity index (χ2v) is 8.82. The van der Waals surface area contributed by atoms with Crippen LogP contribution in [0.1, 0.15) is 67.2 Å². The maximum absolute atomic E-state index is 6.24. The second kappa shape index (κ2) is 7.03. The lowest BCUT2D eigenvalue weighted by molar-refractivity contribution is -0.00468. The molecule has 1 aliphatic rings. The second-order valence-electron chi connectivity index (χ2n) is 6.08. The summed E-state index contributed by atoms with van der Waals surface area (Å²) in [5, 5.41) is 0. The Hall–Kier alpha value is 0.0969. The first kappa shape index (κ1) is 16.2. The largest absolute Gasteiger partial charge is 0.504 e. The minimum atomic E-state index is -2.55. The Morgan fingerprint density at radius 2 is 1.06 bits per heavy atom. The topological polar surface area (TPSA) is 27.7 Å². The molecule has 0 aromatic heterocycles. The molecule has 18 heavy (non-hydrogen) atoms.